The van der Waals surface area contributed by atoms with Gasteiger partial charge in [0.25, 0.3) is 11.8 Å². The third kappa shape index (κ3) is 4.14. The van der Waals surface area contributed by atoms with E-state index in [1.54, 1.807) is 30.3 Å². The number of carbonyl (C=O) groups excluding carboxylic acids is 1. The van der Waals surface area contributed by atoms with E-state index in [2.05, 4.69) is 10.3 Å². The lowest BCUT2D eigenvalue weighted by molar-refractivity contribution is 0.102. The number of hydrogen-bond acceptors (Lipinski definition) is 6. The van der Waals surface area contributed by atoms with Crippen LogP contribution in [0.3, 0.4) is 0 Å². The first kappa shape index (κ1) is 17.4. The fraction of sp³-hybridized carbons (Fsp3) is 0. The summed E-state index contributed by atoms with van der Waals surface area (Å²) < 4.78 is 10.2. The van der Waals surface area contributed by atoms with E-state index in [9.17, 15) is 4.79 Å². The van der Waals surface area contributed by atoms with E-state index in [1.165, 1.54) is 30.7 Å². The van der Waals surface area contributed by atoms with Gasteiger partial charge in [0, 0.05) is 22.3 Å². The minimum Gasteiger partial charge on any atom is -0.459 e. The normalized spacial score (nSPS) is 10.2. The Morgan fingerprint density at radius 3 is 2.65 bits per heavy atom. The van der Waals surface area contributed by atoms with Gasteiger partial charge in [-0.15, -0.1) is 0 Å². The largest absolute Gasteiger partial charge is 0.459 e. The number of carbonyl (C=O) groups is 1. The summed E-state index contributed by atoms with van der Waals surface area (Å²) in [7, 11) is 0. The van der Waals surface area contributed by atoms with E-state index in [0.717, 1.165) is 0 Å². The van der Waals surface area contributed by atoms with E-state index < -0.39 is 0 Å². The molecule has 3 aromatic rings. The Morgan fingerprint density at radius 1 is 1.08 bits per heavy atom. The van der Waals surface area contributed by atoms with Crippen molar-refractivity contribution >= 4 is 35.1 Å². The molecular weight excluding hydrogens is 356 g/mol. The average Bonchev–Trinajstić information content (AvgIpc) is 3.16. The summed E-state index contributed by atoms with van der Waals surface area (Å²) in [4.78, 5) is 16.3. The number of halogens is 1. The lowest BCUT2D eigenvalue weighted by Crippen LogP contribution is -2.15. The zero-order chi connectivity index (χ0) is 18.5. The molecule has 0 atom stereocenters. The number of anilines is 1. The van der Waals surface area contributed by atoms with Crippen molar-refractivity contribution in [3.63, 3.8) is 0 Å². The molecule has 1 aromatic carbocycles. The highest BCUT2D eigenvalue weighted by atomic mass is 35.5. The Bertz CT molecular complexity index is 970. The minimum atomic E-state index is -0.382. The smallest absolute Gasteiger partial charge is 0.257 e. The van der Waals surface area contributed by atoms with Gasteiger partial charge in [0.15, 0.2) is 5.76 Å². The molecule has 1 amide bonds. The zero-order valence-electron chi connectivity index (χ0n) is 13.3. The maximum atomic E-state index is 12.2. The molecule has 26 heavy (non-hydrogen) atoms. The van der Waals surface area contributed by atoms with E-state index in [0.29, 0.717) is 16.1 Å². The third-order valence-electron chi connectivity index (χ3n) is 3.30. The van der Waals surface area contributed by atoms with Crippen LogP contribution in [0.15, 0.2) is 65.4 Å². The number of hydrogen-bond donors (Lipinski definition) is 3. The maximum Gasteiger partial charge on any atom is 0.257 e. The molecule has 0 bridgehead atoms. The summed E-state index contributed by atoms with van der Waals surface area (Å²) in [5.74, 6) is -0.495. The maximum absolute atomic E-state index is 12.2. The molecule has 0 saturated carbocycles. The number of furan rings is 1. The third-order valence-corrected chi connectivity index (χ3v) is 3.53. The topological polar surface area (TPSA) is 112 Å². The van der Waals surface area contributed by atoms with E-state index in [1.807, 2.05) is 0 Å². The van der Waals surface area contributed by atoms with Crippen molar-refractivity contribution in [2.45, 2.75) is 0 Å². The van der Waals surface area contributed by atoms with Crippen LogP contribution >= 0.6 is 11.6 Å². The lowest BCUT2D eigenvalue weighted by Gasteiger charge is -2.09. The first-order chi connectivity index (χ1) is 12.5. The van der Waals surface area contributed by atoms with Gasteiger partial charge in [-0.05, 0) is 42.5 Å². The van der Waals surface area contributed by atoms with Gasteiger partial charge >= 0.3 is 0 Å². The summed E-state index contributed by atoms with van der Waals surface area (Å²) in [5.41, 5.74) is 0.730. The predicted molar refractivity (Wildman–Crippen MR) is 97.1 cm³/mol. The fourth-order valence-electron chi connectivity index (χ4n) is 2.08. The quantitative estimate of drug-likeness (QED) is 0.478. The Morgan fingerprint density at radius 2 is 1.92 bits per heavy atom. The van der Waals surface area contributed by atoms with Crippen molar-refractivity contribution in [2.75, 3.05) is 5.32 Å². The molecule has 2 heterocycles. The molecule has 0 spiro atoms. The van der Waals surface area contributed by atoms with E-state index >= 15 is 0 Å². The van der Waals surface area contributed by atoms with Gasteiger partial charge in [0.2, 0.25) is 5.90 Å². The van der Waals surface area contributed by atoms with Crippen LogP contribution in [0.2, 0.25) is 5.02 Å². The van der Waals surface area contributed by atoms with Crippen LogP contribution in [-0.2, 0) is 4.74 Å². The molecule has 0 aliphatic carbocycles. The van der Waals surface area contributed by atoms with Crippen LogP contribution in [0.5, 0.6) is 0 Å². The Balaban J connectivity index is 1.70. The summed E-state index contributed by atoms with van der Waals surface area (Å²) in [6, 6.07) is 12.7. The Labute approximate surface area is 153 Å². The molecule has 8 heteroatoms. The molecular formula is C18H13ClN4O3. The van der Waals surface area contributed by atoms with Crippen LogP contribution in [0, 0.1) is 10.8 Å². The summed E-state index contributed by atoms with van der Waals surface area (Å²) in [6.07, 6.45) is 2.84. The van der Waals surface area contributed by atoms with Crippen LogP contribution in [0.4, 0.5) is 5.82 Å². The van der Waals surface area contributed by atoms with Crippen LogP contribution in [-0.4, -0.2) is 22.7 Å². The fourth-order valence-corrected chi connectivity index (χ4v) is 2.27. The summed E-state index contributed by atoms with van der Waals surface area (Å²) in [6.45, 7) is 0. The molecule has 0 saturated heterocycles. The first-order valence-electron chi connectivity index (χ1n) is 7.45. The number of ether oxygens (including phenoxy) is 1. The van der Waals surface area contributed by atoms with Crippen LogP contribution in [0.1, 0.15) is 21.7 Å². The Hall–Kier alpha value is -3.45. The molecule has 7 nitrogen and oxygen atoms in total. The minimum absolute atomic E-state index is 0.207. The van der Waals surface area contributed by atoms with Crippen molar-refractivity contribution in [3.8, 4) is 0 Å². The molecule has 0 radical (unpaired) electrons. The van der Waals surface area contributed by atoms with Gasteiger partial charge in [0.1, 0.15) is 5.82 Å². The van der Waals surface area contributed by atoms with Crippen molar-refractivity contribution in [2.24, 2.45) is 0 Å². The lowest BCUT2D eigenvalue weighted by atomic mass is 10.2. The standard InChI is InChI=1S/C18H13ClN4O3/c19-13-4-1-3-12(9-13)18(24)23-15-10-11(6-7-22-15)16(20)26-17(21)14-5-2-8-25-14/h1-10,20-21H,(H,22,23,24). The van der Waals surface area contributed by atoms with E-state index in [4.69, 9.17) is 31.6 Å². The van der Waals surface area contributed by atoms with Crippen molar-refractivity contribution in [1.29, 1.82) is 10.8 Å². The van der Waals surface area contributed by atoms with Crippen molar-refractivity contribution < 1.29 is 13.9 Å². The second-order valence-electron chi connectivity index (χ2n) is 5.13. The number of nitrogens with zero attached hydrogens (tertiary/aromatic N) is 1. The average molecular weight is 369 g/mol. The molecule has 0 aliphatic heterocycles. The molecule has 0 fully saturated rings. The molecule has 130 valence electrons. The van der Waals surface area contributed by atoms with Gasteiger partial charge in [-0.3, -0.25) is 15.6 Å². The van der Waals surface area contributed by atoms with Crippen molar-refractivity contribution in [1.82, 2.24) is 4.98 Å². The predicted octanol–water partition coefficient (Wildman–Crippen LogP) is 3.95. The van der Waals surface area contributed by atoms with Gasteiger partial charge in [-0.25, -0.2) is 4.98 Å². The number of aromatic nitrogens is 1. The number of pyridine rings is 1. The molecule has 0 aliphatic rings. The van der Waals surface area contributed by atoms with Crippen molar-refractivity contribution in [3.05, 3.63) is 82.9 Å². The zero-order valence-corrected chi connectivity index (χ0v) is 14.1. The monoisotopic (exact) mass is 368 g/mol. The summed E-state index contributed by atoms with van der Waals surface area (Å²) >= 11 is 5.88. The molecule has 0 unspecified atom stereocenters. The highest BCUT2D eigenvalue weighted by Crippen LogP contribution is 2.14. The van der Waals surface area contributed by atoms with Gasteiger partial charge in [-0.1, -0.05) is 17.7 Å². The van der Waals surface area contributed by atoms with Crippen LogP contribution in [0.25, 0.3) is 0 Å². The number of rotatable bonds is 4. The molecule has 3 rings (SSSR count). The van der Waals surface area contributed by atoms with E-state index in [-0.39, 0.29) is 29.3 Å². The Kier molecular flexibility index (Phi) is 5.09. The van der Waals surface area contributed by atoms with Gasteiger partial charge in [-0.2, -0.15) is 0 Å². The highest BCUT2D eigenvalue weighted by Gasteiger charge is 2.13. The second-order valence-corrected chi connectivity index (χ2v) is 5.57. The molecule has 3 N–H and O–H groups in total. The first-order valence-corrected chi connectivity index (χ1v) is 7.83. The number of nitrogens with one attached hydrogen (secondary N) is 3. The number of amides is 1. The number of benzene rings is 1. The van der Waals surface area contributed by atoms with Gasteiger partial charge < -0.3 is 14.5 Å². The second kappa shape index (κ2) is 7.62. The summed E-state index contributed by atoms with van der Waals surface area (Å²) in [5, 5.41) is 18.8. The van der Waals surface area contributed by atoms with Gasteiger partial charge in [0.05, 0.1) is 6.26 Å². The highest BCUT2D eigenvalue weighted by molar-refractivity contribution is 6.31. The van der Waals surface area contributed by atoms with Crippen LogP contribution < -0.4 is 5.32 Å². The SMILES string of the molecule is N=C(OC(=N)c1ccco1)c1ccnc(NC(=O)c2cccc(Cl)c2)c1. The molecule has 2 aromatic heterocycles.